The summed E-state index contributed by atoms with van der Waals surface area (Å²) >= 11 is 12.0. The molecule has 0 aliphatic carbocycles. The predicted molar refractivity (Wildman–Crippen MR) is 131 cm³/mol. The number of nitrogens with one attached hydrogen (secondary N) is 1. The minimum Gasteiger partial charge on any atom is -0.497 e. The van der Waals surface area contributed by atoms with E-state index in [9.17, 15) is 13.2 Å². The second-order valence-electron chi connectivity index (χ2n) is 6.99. The molecule has 0 spiro atoms. The Hall–Kier alpha value is -3.07. The number of carbonyl (C=O) groups is 1. The number of ether oxygens (including phenoxy) is 1. The summed E-state index contributed by atoms with van der Waals surface area (Å²) in [5.74, 6) is -0.192. The SMILES string of the molecule is COc1cccc(N(CC(=O)N/N=C\c2ccc(Cl)cc2Cl)S(=O)(=O)c2ccc(C)cc2)c1. The molecule has 0 saturated carbocycles. The van der Waals surface area contributed by atoms with Crippen LogP contribution < -0.4 is 14.5 Å². The summed E-state index contributed by atoms with van der Waals surface area (Å²) in [5.41, 5.74) is 4.06. The van der Waals surface area contributed by atoms with Gasteiger partial charge in [0.2, 0.25) is 0 Å². The van der Waals surface area contributed by atoms with E-state index in [1.165, 1.54) is 31.5 Å². The highest BCUT2D eigenvalue weighted by Gasteiger charge is 2.27. The molecule has 0 heterocycles. The number of amides is 1. The molecule has 0 aliphatic heterocycles. The van der Waals surface area contributed by atoms with Crippen molar-refractivity contribution in [2.24, 2.45) is 5.10 Å². The summed E-state index contributed by atoms with van der Waals surface area (Å²) in [5, 5.41) is 4.71. The number of rotatable bonds is 8. The second-order valence-corrected chi connectivity index (χ2v) is 9.69. The fourth-order valence-corrected chi connectivity index (χ4v) is 4.73. The molecular weight excluding hydrogens is 485 g/mol. The van der Waals surface area contributed by atoms with Gasteiger partial charge >= 0.3 is 0 Å². The fraction of sp³-hybridized carbons (Fsp3) is 0.130. The molecular formula is C23H21Cl2N3O4S. The molecule has 0 aromatic heterocycles. The lowest BCUT2D eigenvalue weighted by molar-refractivity contribution is -0.119. The molecule has 172 valence electrons. The molecule has 0 radical (unpaired) electrons. The number of nitrogens with zero attached hydrogens (tertiary/aromatic N) is 2. The maximum Gasteiger partial charge on any atom is 0.264 e. The molecule has 10 heteroatoms. The Kier molecular flexibility index (Phi) is 7.97. The van der Waals surface area contributed by atoms with E-state index in [1.54, 1.807) is 48.5 Å². The van der Waals surface area contributed by atoms with Gasteiger partial charge < -0.3 is 4.74 Å². The van der Waals surface area contributed by atoms with E-state index in [2.05, 4.69) is 10.5 Å². The summed E-state index contributed by atoms with van der Waals surface area (Å²) in [7, 11) is -2.58. The first-order valence-electron chi connectivity index (χ1n) is 9.71. The first kappa shape index (κ1) is 24.6. The van der Waals surface area contributed by atoms with Crippen LogP contribution in [0.5, 0.6) is 5.75 Å². The van der Waals surface area contributed by atoms with E-state index in [-0.39, 0.29) is 10.6 Å². The molecule has 0 atom stereocenters. The molecule has 3 rings (SSSR count). The zero-order valence-electron chi connectivity index (χ0n) is 17.8. The molecule has 0 unspecified atom stereocenters. The predicted octanol–water partition coefficient (Wildman–Crippen LogP) is 4.66. The minimum absolute atomic E-state index is 0.0557. The maximum atomic E-state index is 13.4. The lowest BCUT2D eigenvalue weighted by Crippen LogP contribution is -2.39. The van der Waals surface area contributed by atoms with Gasteiger partial charge in [-0.15, -0.1) is 0 Å². The maximum absolute atomic E-state index is 13.4. The first-order valence-corrected chi connectivity index (χ1v) is 11.9. The number of benzene rings is 3. The van der Waals surface area contributed by atoms with Crippen LogP contribution in [0.1, 0.15) is 11.1 Å². The summed E-state index contributed by atoms with van der Waals surface area (Å²) in [6.07, 6.45) is 1.35. The van der Waals surface area contributed by atoms with Crippen LogP contribution >= 0.6 is 23.2 Å². The van der Waals surface area contributed by atoms with Crippen LogP contribution in [0.4, 0.5) is 5.69 Å². The number of methoxy groups -OCH3 is 1. The molecule has 3 aromatic carbocycles. The third kappa shape index (κ3) is 6.25. The van der Waals surface area contributed by atoms with Gasteiger partial charge in [-0.3, -0.25) is 9.10 Å². The van der Waals surface area contributed by atoms with Crippen LogP contribution in [0, 0.1) is 6.92 Å². The second kappa shape index (κ2) is 10.7. The highest BCUT2D eigenvalue weighted by atomic mass is 35.5. The van der Waals surface area contributed by atoms with Crippen molar-refractivity contribution in [3.63, 3.8) is 0 Å². The van der Waals surface area contributed by atoms with E-state index in [1.807, 2.05) is 6.92 Å². The standard InChI is InChI=1S/C23H21Cl2N3O4S/c1-16-6-10-21(11-7-16)33(30,31)28(19-4-3-5-20(13-19)32-2)15-23(29)27-26-14-17-8-9-18(24)12-22(17)25/h3-14H,15H2,1-2H3,(H,27,29)/b26-14-. The largest absolute Gasteiger partial charge is 0.497 e. The molecule has 0 saturated heterocycles. The van der Waals surface area contributed by atoms with Crippen molar-refractivity contribution in [3.05, 3.63) is 87.9 Å². The van der Waals surface area contributed by atoms with Crippen molar-refractivity contribution in [2.45, 2.75) is 11.8 Å². The number of halogens is 2. The monoisotopic (exact) mass is 505 g/mol. The van der Waals surface area contributed by atoms with Crippen molar-refractivity contribution in [1.82, 2.24) is 5.43 Å². The van der Waals surface area contributed by atoms with Crippen molar-refractivity contribution < 1.29 is 17.9 Å². The van der Waals surface area contributed by atoms with Crippen LogP contribution in [0.25, 0.3) is 0 Å². The lowest BCUT2D eigenvalue weighted by Gasteiger charge is -2.24. The number of anilines is 1. The van der Waals surface area contributed by atoms with Gasteiger partial charge in [0, 0.05) is 16.7 Å². The van der Waals surface area contributed by atoms with Gasteiger partial charge in [-0.2, -0.15) is 5.10 Å². The van der Waals surface area contributed by atoms with E-state index in [0.29, 0.717) is 21.4 Å². The summed E-state index contributed by atoms with van der Waals surface area (Å²) in [6, 6.07) is 17.6. The van der Waals surface area contributed by atoms with Gasteiger partial charge in [0.1, 0.15) is 12.3 Å². The number of aryl methyl sites for hydroxylation is 1. The van der Waals surface area contributed by atoms with Crippen molar-refractivity contribution in [3.8, 4) is 5.75 Å². The van der Waals surface area contributed by atoms with Gasteiger partial charge in [0.05, 0.1) is 28.9 Å². The Labute approximate surface area is 202 Å². The van der Waals surface area contributed by atoms with Crippen molar-refractivity contribution in [2.75, 3.05) is 18.0 Å². The van der Waals surface area contributed by atoms with Crippen LogP contribution in [0.3, 0.4) is 0 Å². The highest BCUT2D eigenvalue weighted by Crippen LogP contribution is 2.27. The normalized spacial score (nSPS) is 11.4. The Morgan fingerprint density at radius 3 is 2.48 bits per heavy atom. The van der Waals surface area contributed by atoms with Crippen LogP contribution in [0.15, 0.2) is 76.7 Å². The van der Waals surface area contributed by atoms with Crippen LogP contribution in [-0.4, -0.2) is 34.2 Å². The molecule has 1 N–H and O–H groups in total. The van der Waals surface area contributed by atoms with E-state index >= 15 is 0 Å². The topological polar surface area (TPSA) is 88.1 Å². The molecule has 0 fully saturated rings. The van der Waals surface area contributed by atoms with Gasteiger partial charge in [-0.1, -0.05) is 53.0 Å². The number of hydrogen-bond donors (Lipinski definition) is 1. The molecule has 0 aliphatic rings. The smallest absolute Gasteiger partial charge is 0.264 e. The number of hydrazone groups is 1. The zero-order valence-corrected chi connectivity index (χ0v) is 20.2. The third-order valence-corrected chi connectivity index (χ3v) is 6.94. The highest BCUT2D eigenvalue weighted by molar-refractivity contribution is 7.92. The lowest BCUT2D eigenvalue weighted by atomic mass is 10.2. The third-order valence-electron chi connectivity index (χ3n) is 4.59. The Balaban J connectivity index is 1.86. The molecule has 33 heavy (non-hydrogen) atoms. The van der Waals surface area contributed by atoms with E-state index in [4.69, 9.17) is 27.9 Å². The van der Waals surface area contributed by atoms with Crippen molar-refractivity contribution in [1.29, 1.82) is 0 Å². The zero-order chi connectivity index (χ0) is 24.0. The fourth-order valence-electron chi connectivity index (χ4n) is 2.86. The number of hydrogen-bond acceptors (Lipinski definition) is 5. The van der Waals surface area contributed by atoms with Crippen LogP contribution in [0.2, 0.25) is 10.0 Å². The minimum atomic E-state index is -4.05. The van der Waals surface area contributed by atoms with Crippen LogP contribution in [-0.2, 0) is 14.8 Å². The Morgan fingerprint density at radius 2 is 1.82 bits per heavy atom. The van der Waals surface area contributed by atoms with Gasteiger partial charge in [-0.25, -0.2) is 13.8 Å². The van der Waals surface area contributed by atoms with Gasteiger partial charge in [0.15, 0.2) is 0 Å². The van der Waals surface area contributed by atoms with Gasteiger partial charge in [0.25, 0.3) is 15.9 Å². The first-order chi connectivity index (χ1) is 15.7. The average molecular weight is 506 g/mol. The number of sulfonamides is 1. The van der Waals surface area contributed by atoms with E-state index < -0.39 is 22.5 Å². The average Bonchev–Trinajstić information content (AvgIpc) is 2.79. The molecule has 3 aromatic rings. The number of carbonyl (C=O) groups excluding carboxylic acids is 1. The summed E-state index contributed by atoms with van der Waals surface area (Å²) < 4.78 is 33.0. The summed E-state index contributed by atoms with van der Waals surface area (Å²) in [6.45, 7) is 1.35. The molecule has 7 nitrogen and oxygen atoms in total. The van der Waals surface area contributed by atoms with Gasteiger partial charge in [-0.05, 0) is 43.3 Å². The van der Waals surface area contributed by atoms with E-state index in [0.717, 1.165) is 9.87 Å². The summed E-state index contributed by atoms with van der Waals surface area (Å²) in [4.78, 5) is 12.7. The molecule has 1 amide bonds. The van der Waals surface area contributed by atoms with Crippen molar-refractivity contribution >= 4 is 51.0 Å². The molecule has 0 bridgehead atoms. The Bertz CT molecular complexity index is 1280. The Morgan fingerprint density at radius 1 is 1.09 bits per heavy atom. The quantitative estimate of drug-likeness (QED) is 0.356.